The van der Waals surface area contributed by atoms with Crippen LogP contribution in [0.25, 0.3) is 6.08 Å². The first-order valence-electron chi connectivity index (χ1n) is 6.93. The van der Waals surface area contributed by atoms with Crippen molar-refractivity contribution in [3.63, 3.8) is 0 Å². The van der Waals surface area contributed by atoms with E-state index in [-0.39, 0.29) is 5.91 Å². The minimum absolute atomic E-state index is 0.150. The maximum Gasteiger partial charge on any atom is 0.273 e. The summed E-state index contributed by atoms with van der Waals surface area (Å²) in [7, 11) is 0. The molecule has 0 radical (unpaired) electrons. The summed E-state index contributed by atoms with van der Waals surface area (Å²) in [6, 6.07) is 3.93. The lowest BCUT2D eigenvalue weighted by Gasteiger charge is -1.99. The van der Waals surface area contributed by atoms with Crippen LogP contribution in [-0.4, -0.2) is 16.6 Å². The standard InChI is InChI=1S/C16H17N3OS/c1-4-11-9(2)13(17-10(11)3)8-12-15(18-19-16(12)20)14-6-5-7-21-14/h5-8,17H,4H2,1-3H3,(H,19,20)/b12-8+. The van der Waals surface area contributed by atoms with Crippen molar-refractivity contribution in [2.45, 2.75) is 27.2 Å². The molecule has 3 rings (SSSR count). The van der Waals surface area contributed by atoms with E-state index in [0.717, 1.165) is 28.4 Å². The van der Waals surface area contributed by atoms with Crippen LogP contribution in [0.15, 0.2) is 28.2 Å². The van der Waals surface area contributed by atoms with E-state index in [1.54, 1.807) is 11.3 Å². The molecule has 0 spiro atoms. The van der Waals surface area contributed by atoms with Gasteiger partial charge in [0.1, 0.15) is 5.71 Å². The first-order chi connectivity index (χ1) is 10.1. The Morgan fingerprint density at radius 3 is 2.81 bits per heavy atom. The zero-order valence-corrected chi connectivity index (χ0v) is 13.1. The molecule has 5 heteroatoms. The van der Waals surface area contributed by atoms with Gasteiger partial charge in [0.2, 0.25) is 0 Å². The fraction of sp³-hybridized carbons (Fsp3) is 0.250. The van der Waals surface area contributed by atoms with Crippen molar-refractivity contribution in [3.8, 4) is 0 Å². The number of carbonyl (C=O) groups excluding carboxylic acids is 1. The molecule has 4 nitrogen and oxygen atoms in total. The van der Waals surface area contributed by atoms with Gasteiger partial charge in [0.15, 0.2) is 0 Å². The Kier molecular flexibility index (Phi) is 3.51. The molecular formula is C16H17N3OS. The smallest absolute Gasteiger partial charge is 0.273 e. The number of carbonyl (C=O) groups is 1. The van der Waals surface area contributed by atoms with Crippen molar-refractivity contribution < 1.29 is 4.79 Å². The fourth-order valence-corrected chi connectivity index (χ4v) is 3.43. The molecule has 0 atom stereocenters. The van der Waals surface area contributed by atoms with E-state index in [1.165, 1.54) is 11.1 Å². The van der Waals surface area contributed by atoms with Crippen LogP contribution in [0.4, 0.5) is 0 Å². The van der Waals surface area contributed by atoms with Crippen molar-refractivity contribution in [2.75, 3.05) is 0 Å². The average molecular weight is 299 g/mol. The van der Waals surface area contributed by atoms with Crippen LogP contribution in [0.1, 0.15) is 34.3 Å². The highest BCUT2D eigenvalue weighted by Gasteiger charge is 2.25. The van der Waals surface area contributed by atoms with Crippen LogP contribution in [0.3, 0.4) is 0 Å². The van der Waals surface area contributed by atoms with Gasteiger partial charge in [-0.25, -0.2) is 5.43 Å². The number of hydrazone groups is 1. The fourth-order valence-electron chi connectivity index (χ4n) is 2.70. The number of H-pyrrole nitrogens is 1. The second kappa shape index (κ2) is 5.33. The second-order valence-electron chi connectivity index (χ2n) is 5.06. The summed E-state index contributed by atoms with van der Waals surface area (Å²) in [5.74, 6) is -0.150. The molecule has 1 aliphatic rings. The Morgan fingerprint density at radius 2 is 2.19 bits per heavy atom. The van der Waals surface area contributed by atoms with Crippen LogP contribution in [0.5, 0.6) is 0 Å². The van der Waals surface area contributed by atoms with Gasteiger partial charge in [0, 0.05) is 11.4 Å². The Morgan fingerprint density at radius 1 is 1.38 bits per heavy atom. The third kappa shape index (κ3) is 2.34. The van der Waals surface area contributed by atoms with Crippen molar-refractivity contribution in [1.82, 2.24) is 10.4 Å². The lowest BCUT2D eigenvalue weighted by molar-refractivity contribution is -0.116. The maximum atomic E-state index is 12.1. The van der Waals surface area contributed by atoms with Crippen LogP contribution in [-0.2, 0) is 11.2 Å². The van der Waals surface area contributed by atoms with Gasteiger partial charge in [-0.05, 0) is 48.9 Å². The summed E-state index contributed by atoms with van der Waals surface area (Å²) in [5, 5.41) is 6.14. The number of hydrogen-bond donors (Lipinski definition) is 2. The normalized spacial score (nSPS) is 16.4. The molecule has 2 N–H and O–H groups in total. The SMILES string of the molecule is CCc1c(C)[nH]c(/C=C2/C(=O)NN=C2c2cccs2)c1C. The number of aryl methyl sites for hydroxylation is 1. The number of amides is 1. The van der Waals surface area contributed by atoms with Crippen molar-refractivity contribution >= 4 is 29.0 Å². The summed E-state index contributed by atoms with van der Waals surface area (Å²) in [4.78, 5) is 16.4. The molecule has 1 amide bonds. The topological polar surface area (TPSA) is 57.2 Å². The Hall–Kier alpha value is -2.14. The first kappa shape index (κ1) is 13.8. The lowest BCUT2D eigenvalue weighted by Crippen LogP contribution is -2.13. The molecule has 0 aromatic carbocycles. The van der Waals surface area contributed by atoms with Crippen LogP contribution < -0.4 is 5.43 Å². The molecule has 1 aliphatic heterocycles. The molecule has 2 aromatic rings. The summed E-state index contributed by atoms with van der Waals surface area (Å²) in [6.07, 6.45) is 2.89. The minimum Gasteiger partial charge on any atom is -0.359 e. The highest BCUT2D eigenvalue weighted by molar-refractivity contribution is 7.12. The van der Waals surface area contributed by atoms with Crippen LogP contribution in [0.2, 0.25) is 0 Å². The van der Waals surface area contributed by atoms with E-state index in [9.17, 15) is 4.79 Å². The Balaban J connectivity index is 2.06. The highest BCUT2D eigenvalue weighted by Crippen LogP contribution is 2.24. The largest absolute Gasteiger partial charge is 0.359 e. The van der Waals surface area contributed by atoms with Gasteiger partial charge in [-0.2, -0.15) is 5.10 Å². The zero-order chi connectivity index (χ0) is 15.0. The van der Waals surface area contributed by atoms with Crippen molar-refractivity contribution in [1.29, 1.82) is 0 Å². The molecule has 0 saturated heterocycles. The predicted octanol–water partition coefficient (Wildman–Crippen LogP) is 3.17. The van der Waals surface area contributed by atoms with E-state index in [1.807, 2.05) is 23.6 Å². The summed E-state index contributed by atoms with van der Waals surface area (Å²) in [6.45, 7) is 6.29. The van der Waals surface area contributed by atoms with Crippen LogP contribution >= 0.6 is 11.3 Å². The average Bonchev–Trinajstić information content (AvgIpc) is 3.14. The quantitative estimate of drug-likeness (QED) is 0.840. The minimum atomic E-state index is -0.150. The molecule has 3 heterocycles. The molecule has 2 aromatic heterocycles. The van der Waals surface area contributed by atoms with E-state index < -0.39 is 0 Å². The van der Waals surface area contributed by atoms with Gasteiger partial charge < -0.3 is 4.98 Å². The highest BCUT2D eigenvalue weighted by atomic mass is 32.1. The number of nitrogens with one attached hydrogen (secondary N) is 2. The number of hydrogen-bond acceptors (Lipinski definition) is 3. The van der Waals surface area contributed by atoms with E-state index >= 15 is 0 Å². The van der Waals surface area contributed by atoms with Gasteiger partial charge in [0.05, 0.1) is 10.5 Å². The van der Waals surface area contributed by atoms with Gasteiger partial charge in [-0.3, -0.25) is 4.79 Å². The van der Waals surface area contributed by atoms with E-state index in [0.29, 0.717) is 5.57 Å². The molecule has 0 saturated carbocycles. The van der Waals surface area contributed by atoms with E-state index in [2.05, 4.69) is 36.3 Å². The Bertz CT molecular complexity index is 751. The summed E-state index contributed by atoms with van der Waals surface area (Å²) < 4.78 is 0. The number of thiophene rings is 1. The molecule has 21 heavy (non-hydrogen) atoms. The van der Waals surface area contributed by atoms with Gasteiger partial charge in [-0.15, -0.1) is 11.3 Å². The number of aromatic amines is 1. The molecule has 0 bridgehead atoms. The summed E-state index contributed by atoms with van der Waals surface area (Å²) >= 11 is 1.58. The summed E-state index contributed by atoms with van der Waals surface area (Å²) in [5.41, 5.74) is 8.56. The first-order valence-corrected chi connectivity index (χ1v) is 7.81. The predicted molar refractivity (Wildman–Crippen MR) is 86.6 cm³/mol. The van der Waals surface area contributed by atoms with Crippen molar-refractivity contribution in [2.24, 2.45) is 5.10 Å². The molecule has 108 valence electrons. The Labute approximate surface area is 127 Å². The molecule has 0 aliphatic carbocycles. The number of aromatic nitrogens is 1. The third-order valence-corrected chi connectivity index (χ3v) is 4.67. The lowest BCUT2D eigenvalue weighted by atomic mass is 10.0. The van der Waals surface area contributed by atoms with Gasteiger partial charge in [-0.1, -0.05) is 13.0 Å². The monoisotopic (exact) mass is 299 g/mol. The third-order valence-electron chi connectivity index (χ3n) is 3.80. The number of rotatable bonds is 3. The number of nitrogens with zero attached hydrogens (tertiary/aromatic N) is 1. The molecule has 0 fully saturated rings. The molecule has 0 unspecified atom stereocenters. The van der Waals surface area contributed by atoms with Crippen molar-refractivity contribution in [3.05, 3.63) is 50.5 Å². The van der Waals surface area contributed by atoms with Crippen LogP contribution in [0, 0.1) is 13.8 Å². The molecular weight excluding hydrogens is 282 g/mol. The van der Waals surface area contributed by atoms with Gasteiger partial charge in [0.25, 0.3) is 5.91 Å². The maximum absolute atomic E-state index is 12.1. The second-order valence-corrected chi connectivity index (χ2v) is 6.01. The van der Waals surface area contributed by atoms with Gasteiger partial charge >= 0.3 is 0 Å². The zero-order valence-electron chi connectivity index (χ0n) is 12.3. The van der Waals surface area contributed by atoms with E-state index in [4.69, 9.17) is 0 Å².